The third kappa shape index (κ3) is 1.69. The van der Waals surface area contributed by atoms with E-state index in [2.05, 4.69) is 4.98 Å². The zero-order valence-corrected chi connectivity index (χ0v) is 13.3. The van der Waals surface area contributed by atoms with E-state index in [-0.39, 0.29) is 22.4 Å². The van der Waals surface area contributed by atoms with Crippen LogP contribution in [0.25, 0.3) is 16.8 Å². The van der Waals surface area contributed by atoms with Crippen LogP contribution in [0, 0.1) is 5.82 Å². The van der Waals surface area contributed by atoms with Gasteiger partial charge in [0.1, 0.15) is 11.6 Å². The van der Waals surface area contributed by atoms with Crippen molar-refractivity contribution >= 4 is 17.1 Å². The standard InChI is InChI=1S/C21H10FNO3/c22-13-7-1-5-12-16(13)21(26)18(20(12)25)15-10-4-2-8-14(24)17(10)19-11(15)6-3-9-23-19/h1-9,24H/b18-15+. The maximum atomic E-state index is 14.2. The van der Waals surface area contributed by atoms with Gasteiger partial charge in [-0.25, -0.2) is 4.39 Å². The third-order valence-electron chi connectivity index (χ3n) is 4.82. The number of allylic oxidation sites excluding steroid dienone is 1. The molecular formula is C21H10FNO3. The number of pyridine rings is 1. The monoisotopic (exact) mass is 343 g/mol. The highest BCUT2D eigenvalue weighted by atomic mass is 19.1. The number of fused-ring (bicyclic) bond motifs is 4. The molecule has 2 aromatic carbocycles. The van der Waals surface area contributed by atoms with Crippen LogP contribution in [0.15, 0.2) is 60.3 Å². The number of carbonyl (C=O) groups excluding carboxylic acids is 2. The van der Waals surface area contributed by atoms with Crippen LogP contribution in [0.1, 0.15) is 31.8 Å². The van der Waals surface area contributed by atoms with E-state index in [4.69, 9.17) is 0 Å². The van der Waals surface area contributed by atoms with Crippen molar-refractivity contribution in [2.45, 2.75) is 0 Å². The second-order valence-corrected chi connectivity index (χ2v) is 6.17. The number of Topliss-reactive ketones (excluding diaryl/α,β-unsaturated/α-hetero) is 2. The van der Waals surface area contributed by atoms with Crippen LogP contribution in [0.3, 0.4) is 0 Å². The van der Waals surface area contributed by atoms with E-state index in [1.165, 1.54) is 24.3 Å². The molecule has 0 atom stereocenters. The molecule has 0 amide bonds. The van der Waals surface area contributed by atoms with Gasteiger partial charge in [-0.1, -0.05) is 30.3 Å². The minimum atomic E-state index is -0.711. The summed E-state index contributed by atoms with van der Waals surface area (Å²) in [5, 5.41) is 10.3. The summed E-state index contributed by atoms with van der Waals surface area (Å²) in [6.07, 6.45) is 1.58. The highest BCUT2D eigenvalue weighted by molar-refractivity contribution is 6.43. The summed E-state index contributed by atoms with van der Waals surface area (Å²) in [5.41, 5.74) is 2.28. The molecule has 0 unspecified atom stereocenters. The van der Waals surface area contributed by atoms with Gasteiger partial charge in [0, 0.05) is 22.9 Å². The Balaban J connectivity index is 1.91. The van der Waals surface area contributed by atoms with E-state index in [0.717, 1.165) is 0 Å². The highest BCUT2D eigenvalue weighted by Gasteiger charge is 2.41. The fourth-order valence-corrected chi connectivity index (χ4v) is 3.75. The highest BCUT2D eigenvalue weighted by Crippen LogP contribution is 2.49. The van der Waals surface area contributed by atoms with Crippen LogP contribution in [0.5, 0.6) is 5.75 Å². The normalized spacial score (nSPS) is 17.3. The van der Waals surface area contributed by atoms with E-state index in [0.29, 0.717) is 28.0 Å². The number of benzene rings is 2. The first-order valence-electron chi connectivity index (χ1n) is 8.00. The lowest BCUT2D eigenvalue weighted by Gasteiger charge is -2.06. The van der Waals surface area contributed by atoms with Crippen molar-refractivity contribution in [2.75, 3.05) is 0 Å². The van der Waals surface area contributed by atoms with Gasteiger partial charge in [0.25, 0.3) is 0 Å². The van der Waals surface area contributed by atoms with Gasteiger partial charge in [0.05, 0.1) is 22.4 Å². The lowest BCUT2D eigenvalue weighted by atomic mass is 9.95. The quantitative estimate of drug-likeness (QED) is 0.390. The average Bonchev–Trinajstić information content (AvgIpc) is 3.09. The lowest BCUT2D eigenvalue weighted by molar-refractivity contribution is 0.0989. The number of aromatic nitrogens is 1. The minimum absolute atomic E-state index is 0.0136. The third-order valence-corrected chi connectivity index (χ3v) is 4.82. The number of halogens is 1. The molecular weight excluding hydrogens is 333 g/mol. The predicted molar refractivity (Wildman–Crippen MR) is 92.4 cm³/mol. The van der Waals surface area contributed by atoms with Crippen LogP contribution in [0.4, 0.5) is 4.39 Å². The van der Waals surface area contributed by atoms with Crippen molar-refractivity contribution in [2.24, 2.45) is 0 Å². The predicted octanol–water partition coefficient (Wildman–Crippen LogP) is 3.79. The van der Waals surface area contributed by atoms with Crippen LogP contribution in [-0.4, -0.2) is 21.7 Å². The Kier molecular flexibility index (Phi) is 2.80. The molecule has 0 aliphatic heterocycles. The molecule has 1 N–H and O–H groups in total. The molecule has 0 fully saturated rings. The van der Waals surface area contributed by atoms with Crippen molar-refractivity contribution in [1.29, 1.82) is 0 Å². The summed E-state index contributed by atoms with van der Waals surface area (Å²) < 4.78 is 14.2. The molecule has 124 valence electrons. The minimum Gasteiger partial charge on any atom is -0.507 e. The Hall–Kier alpha value is -3.60. The Morgan fingerprint density at radius 2 is 1.50 bits per heavy atom. The Morgan fingerprint density at radius 3 is 2.31 bits per heavy atom. The first-order chi connectivity index (χ1) is 12.6. The summed E-state index contributed by atoms with van der Waals surface area (Å²) in [5.74, 6) is -1.84. The van der Waals surface area contributed by atoms with Crippen molar-refractivity contribution in [3.63, 3.8) is 0 Å². The number of hydrogen-bond donors (Lipinski definition) is 1. The van der Waals surface area contributed by atoms with Crippen molar-refractivity contribution in [1.82, 2.24) is 4.98 Å². The Bertz CT molecular complexity index is 1190. The van der Waals surface area contributed by atoms with Gasteiger partial charge in [-0.05, 0) is 23.8 Å². The Labute approximate surface area is 147 Å². The molecule has 0 radical (unpaired) electrons. The zero-order chi connectivity index (χ0) is 18.0. The van der Waals surface area contributed by atoms with Gasteiger partial charge in [0.15, 0.2) is 5.78 Å². The van der Waals surface area contributed by atoms with Gasteiger partial charge in [-0.3, -0.25) is 14.6 Å². The van der Waals surface area contributed by atoms with E-state index < -0.39 is 17.4 Å². The first kappa shape index (κ1) is 14.7. The van der Waals surface area contributed by atoms with E-state index in [1.807, 2.05) is 0 Å². The molecule has 26 heavy (non-hydrogen) atoms. The molecule has 0 spiro atoms. The van der Waals surface area contributed by atoms with E-state index in [1.54, 1.807) is 30.5 Å². The molecule has 0 bridgehead atoms. The number of nitrogens with zero attached hydrogens (tertiary/aromatic N) is 1. The van der Waals surface area contributed by atoms with Gasteiger partial charge >= 0.3 is 0 Å². The lowest BCUT2D eigenvalue weighted by Crippen LogP contribution is -2.05. The van der Waals surface area contributed by atoms with Crippen LogP contribution in [0.2, 0.25) is 0 Å². The molecule has 5 rings (SSSR count). The summed E-state index contributed by atoms with van der Waals surface area (Å²) in [7, 11) is 0. The molecule has 2 aliphatic carbocycles. The molecule has 1 heterocycles. The SMILES string of the molecule is O=C1/C(=C2\c3cccnc3-c3c(O)cccc32)C(=O)c2c(F)cccc21. The van der Waals surface area contributed by atoms with Gasteiger partial charge < -0.3 is 5.11 Å². The van der Waals surface area contributed by atoms with Crippen LogP contribution < -0.4 is 0 Å². The van der Waals surface area contributed by atoms with Crippen molar-refractivity contribution in [3.8, 4) is 17.0 Å². The van der Waals surface area contributed by atoms with Crippen LogP contribution >= 0.6 is 0 Å². The molecule has 2 aliphatic rings. The fourth-order valence-electron chi connectivity index (χ4n) is 3.75. The average molecular weight is 343 g/mol. The van der Waals surface area contributed by atoms with Crippen molar-refractivity contribution < 1.29 is 19.1 Å². The number of phenolic OH excluding ortho intramolecular Hbond substituents is 1. The summed E-state index contributed by atoms with van der Waals surface area (Å²) in [6, 6.07) is 12.4. The first-order valence-corrected chi connectivity index (χ1v) is 8.00. The number of hydrogen-bond acceptors (Lipinski definition) is 4. The molecule has 1 aromatic heterocycles. The number of carbonyl (C=O) groups is 2. The Morgan fingerprint density at radius 1 is 0.769 bits per heavy atom. The van der Waals surface area contributed by atoms with Gasteiger partial charge in [-0.2, -0.15) is 0 Å². The molecule has 5 heteroatoms. The summed E-state index contributed by atoms with van der Waals surface area (Å²) in [6.45, 7) is 0. The van der Waals surface area contributed by atoms with Gasteiger partial charge in [-0.15, -0.1) is 0 Å². The van der Waals surface area contributed by atoms with Crippen molar-refractivity contribution in [3.05, 3.63) is 88.4 Å². The zero-order valence-electron chi connectivity index (χ0n) is 13.3. The number of ketones is 2. The maximum absolute atomic E-state index is 14.2. The number of phenols is 1. The number of aromatic hydroxyl groups is 1. The second-order valence-electron chi connectivity index (χ2n) is 6.17. The van der Waals surface area contributed by atoms with E-state index >= 15 is 0 Å². The fraction of sp³-hybridized carbons (Fsp3) is 0. The summed E-state index contributed by atoms with van der Waals surface area (Å²) >= 11 is 0. The summed E-state index contributed by atoms with van der Waals surface area (Å²) in [4.78, 5) is 30.1. The molecule has 4 nitrogen and oxygen atoms in total. The topological polar surface area (TPSA) is 67.3 Å². The maximum Gasteiger partial charge on any atom is 0.201 e. The molecule has 0 saturated heterocycles. The van der Waals surface area contributed by atoms with Gasteiger partial charge in [0.2, 0.25) is 5.78 Å². The number of rotatable bonds is 0. The van der Waals surface area contributed by atoms with E-state index in [9.17, 15) is 19.1 Å². The smallest absolute Gasteiger partial charge is 0.201 e. The molecule has 3 aromatic rings. The second kappa shape index (κ2) is 4.95. The molecule has 0 saturated carbocycles. The largest absolute Gasteiger partial charge is 0.507 e. The van der Waals surface area contributed by atoms with Crippen LogP contribution in [-0.2, 0) is 0 Å².